The molecule has 1 amide bonds. The quantitative estimate of drug-likeness (QED) is 0.845. The van der Waals surface area contributed by atoms with Crippen molar-refractivity contribution in [3.63, 3.8) is 0 Å². The lowest BCUT2D eigenvalue weighted by Gasteiger charge is -2.50. The first kappa shape index (κ1) is 13.6. The number of carbonyl (C=O) groups excluding carboxylic acids is 1. The second kappa shape index (κ2) is 5.19. The smallest absolute Gasteiger partial charge is 0.279 e. The van der Waals surface area contributed by atoms with Crippen LogP contribution < -0.4 is 5.32 Å². The fourth-order valence-corrected chi connectivity index (χ4v) is 3.29. The van der Waals surface area contributed by atoms with E-state index >= 15 is 0 Å². The van der Waals surface area contributed by atoms with Crippen molar-refractivity contribution in [2.45, 2.75) is 13.8 Å². The van der Waals surface area contributed by atoms with E-state index in [1.807, 2.05) is 6.07 Å². The summed E-state index contributed by atoms with van der Waals surface area (Å²) < 4.78 is 0.979. The van der Waals surface area contributed by atoms with Gasteiger partial charge >= 0.3 is 0 Å². The maximum Gasteiger partial charge on any atom is 0.279 e. The lowest BCUT2D eigenvalue weighted by molar-refractivity contribution is -0.933. The van der Waals surface area contributed by atoms with Crippen LogP contribution >= 0.6 is 0 Å². The van der Waals surface area contributed by atoms with Gasteiger partial charge in [0.1, 0.15) is 0 Å². The molecule has 4 heteroatoms. The molecule has 2 bridgehead atoms. The summed E-state index contributed by atoms with van der Waals surface area (Å²) in [7, 11) is 0. The molecule has 3 heterocycles. The van der Waals surface area contributed by atoms with Gasteiger partial charge in [0.2, 0.25) is 0 Å². The van der Waals surface area contributed by atoms with Crippen molar-refractivity contribution < 1.29 is 9.28 Å². The lowest BCUT2D eigenvalue weighted by atomic mass is 10.1. The molecule has 3 saturated heterocycles. The summed E-state index contributed by atoms with van der Waals surface area (Å²) in [6, 6.07) is 6.12. The van der Waals surface area contributed by atoms with Gasteiger partial charge in [0, 0.05) is 25.3 Å². The fraction of sp³-hybridized carbons (Fsp3) is 0.562. The Hall–Kier alpha value is -1.39. The Morgan fingerprint density at radius 2 is 1.80 bits per heavy atom. The molecule has 1 aromatic carbocycles. The van der Waals surface area contributed by atoms with Crippen molar-refractivity contribution >= 4 is 11.6 Å². The Morgan fingerprint density at radius 1 is 1.15 bits per heavy atom. The predicted octanol–water partition coefficient (Wildman–Crippen LogP) is 1.39. The standard InChI is InChI=1S/C16H23N3O/c1-13-3-4-15(11-14(13)2)17-16(20)12-19-8-5-18(6-9-19)7-10-19/h3-4,11H,5-10,12H2,1-2H3/p+1. The molecule has 0 aromatic heterocycles. The summed E-state index contributed by atoms with van der Waals surface area (Å²) >= 11 is 0. The summed E-state index contributed by atoms with van der Waals surface area (Å²) in [4.78, 5) is 14.8. The normalized spacial score (nSPS) is 28.4. The Bertz CT molecular complexity index is 505. The number of aryl methyl sites for hydroxylation is 2. The highest BCUT2D eigenvalue weighted by molar-refractivity contribution is 5.91. The van der Waals surface area contributed by atoms with E-state index in [1.165, 1.54) is 11.1 Å². The molecule has 0 radical (unpaired) electrons. The van der Waals surface area contributed by atoms with Gasteiger partial charge in [-0.1, -0.05) is 6.07 Å². The molecule has 0 atom stereocenters. The van der Waals surface area contributed by atoms with E-state index in [2.05, 4.69) is 36.2 Å². The second-order valence-electron chi connectivity index (χ2n) is 6.36. The number of hydrogen-bond acceptors (Lipinski definition) is 2. The van der Waals surface area contributed by atoms with Gasteiger partial charge in [0.15, 0.2) is 6.54 Å². The van der Waals surface area contributed by atoms with Crippen molar-refractivity contribution in [3.8, 4) is 0 Å². The molecule has 108 valence electrons. The minimum atomic E-state index is 0.156. The number of hydrogen-bond donors (Lipinski definition) is 1. The zero-order valence-electron chi connectivity index (χ0n) is 12.5. The molecule has 1 aromatic rings. The molecule has 3 aliphatic heterocycles. The van der Waals surface area contributed by atoms with E-state index in [9.17, 15) is 4.79 Å². The minimum Gasteiger partial charge on any atom is -0.321 e. The third-order valence-electron chi connectivity index (χ3n) is 4.94. The van der Waals surface area contributed by atoms with Gasteiger partial charge in [-0.25, -0.2) is 0 Å². The van der Waals surface area contributed by atoms with Crippen LogP contribution in [0, 0.1) is 13.8 Å². The first-order chi connectivity index (χ1) is 9.56. The SMILES string of the molecule is Cc1ccc(NC(=O)C[N+]23CCN(CC2)CC3)cc1C. The van der Waals surface area contributed by atoms with Crippen molar-refractivity contribution in [2.75, 3.05) is 51.1 Å². The highest BCUT2D eigenvalue weighted by atomic mass is 16.2. The number of benzene rings is 1. The van der Waals surface area contributed by atoms with Gasteiger partial charge in [-0.3, -0.25) is 9.69 Å². The molecule has 3 fully saturated rings. The monoisotopic (exact) mass is 274 g/mol. The second-order valence-corrected chi connectivity index (χ2v) is 6.36. The Kier molecular flexibility index (Phi) is 3.52. The summed E-state index contributed by atoms with van der Waals surface area (Å²) in [5.41, 5.74) is 3.41. The number of amides is 1. The van der Waals surface area contributed by atoms with Crippen LogP contribution in [0.3, 0.4) is 0 Å². The van der Waals surface area contributed by atoms with Crippen molar-refractivity contribution in [3.05, 3.63) is 29.3 Å². The highest BCUT2D eigenvalue weighted by Crippen LogP contribution is 2.20. The molecule has 4 rings (SSSR count). The topological polar surface area (TPSA) is 32.3 Å². The number of rotatable bonds is 3. The number of anilines is 1. The van der Waals surface area contributed by atoms with Gasteiger partial charge < -0.3 is 9.80 Å². The number of carbonyl (C=O) groups is 1. The van der Waals surface area contributed by atoms with Gasteiger partial charge in [0.05, 0.1) is 19.6 Å². The van der Waals surface area contributed by atoms with Gasteiger partial charge in [-0.05, 0) is 37.1 Å². The van der Waals surface area contributed by atoms with E-state index in [-0.39, 0.29) is 5.91 Å². The van der Waals surface area contributed by atoms with Gasteiger partial charge in [-0.2, -0.15) is 0 Å². The Balaban J connectivity index is 1.63. The summed E-state index contributed by atoms with van der Waals surface area (Å²) in [5.74, 6) is 0.156. The largest absolute Gasteiger partial charge is 0.321 e. The first-order valence-corrected chi connectivity index (χ1v) is 7.51. The van der Waals surface area contributed by atoms with Crippen molar-refractivity contribution in [2.24, 2.45) is 0 Å². The predicted molar refractivity (Wildman–Crippen MR) is 80.7 cm³/mol. The highest BCUT2D eigenvalue weighted by Gasteiger charge is 2.39. The Labute approximate surface area is 121 Å². The van der Waals surface area contributed by atoms with E-state index < -0.39 is 0 Å². The minimum absolute atomic E-state index is 0.156. The molecule has 0 unspecified atom stereocenters. The van der Waals surface area contributed by atoms with Crippen LogP contribution in [-0.2, 0) is 4.79 Å². The van der Waals surface area contributed by atoms with E-state index in [0.29, 0.717) is 6.54 Å². The van der Waals surface area contributed by atoms with Crippen molar-refractivity contribution in [1.82, 2.24) is 4.90 Å². The van der Waals surface area contributed by atoms with Gasteiger partial charge in [0.25, 0.3) is 5.91 Å². The zero-order valence-corrected chi connectivity index (χ0v) is 12.5. The molecule has 4 nitrogen and oxygen atoms in total. The molecule has 3 aliphatic rings. The molecule has 0 saturated carbocycles. The first-order valence-electron chi connectivity index (χ1n) is 7.51. The van der Waals surface area contributed by atoms with E-state index in [4.69, 9.17) is 0 Å². The molecule has 0 spiro atoms. The molecular formula is C16H24N3O+. The average molecular weight is 274 g/mol. The summed E-state index contributed by atoms with van der Waals surface area (Å²) in [6.45, 7) is 11.6. The summed E-state index contributed by atoms with van der Waals surface area (Å²) in [6.07, 6.45) is 0. The fourth-order valence-electron chi connectivity index (χ4n) is 3.29. The Morgan fingerprint density at radius 3 is 2.40 bits per heavy atom. The number of piperazine rings is 3. The van der Waals surface area contributed by atoms with Crippen LogP contribution in [0.2, 0.25) is 0 Å². The summed E-state index contributed by atoms with van der Waals surface area (Å²) in [5, 5.41) is 3.07. The average Bonchev–Trinajstić information content (AvgIpc) is 2.44. The van der Waals surface area contributed by atoms with E-state index in [0.717, 1.165) is 49.4 Å². The van der Waals surface area contributed by atoms with Crippen LogP contribution in [0.1, 0.15) is 11.1 Å². The van der Waals surface area contributed by atoms with E-state index in [1.54, 1.807) is 0 Å². The molecule has 1 N–H and O–H groups in total. The maximum atomic E-state index is 12.3. The molecule has 0 aliphatic carbocycles. The maximum absolute atomic E-state index is 12.3. The number of quaternary nitrogens is 1. The van der Waals surface area contributed by atoms with Crippen LogP contribution in [0.25, 0.3) is 0 Å². The third-order valence-corrected chi connectivity index (χ3v) is 4.94. The molecule has 20 heavy (non-hydrogen) atoms. The number of nitrogens with zero attached hydrogens (tertiary/aromatic N) is 2. The van der Waals surface area contributed by atoms with Crippen LogP contribution in [0.5, 0.6) is 0 Å². The van der Waals surface area contributed by atoms with Crippen LogP contribution in [-0.4, -0.2) is 61.1 Å². The lowest BCUT2D eigenvalue weighted by Crippen LogP contribution is -2.68. The number of nitrogens with one attached hydrogen (secondary N) is 1. The van der Waals surface area contributed by atoms with Crippen molar-refractivity contribution in [1.29, 1.82) is 0 Å². The van der Waals surface area contributed by atoms with Crippen LogP contribution in [0.4, 0.5) is 5.69 Å². The van der Waals surface area contributed by atoms with Crippen LogP contribution in [0.15, 0.2) is 18.2 Å². The number of fused-ring (bicyclic) bond motifs is 3. The third kappa shape index (κ3) is 2.72. The zero-order chi connectivity index (χ0) is 14.2. The molecular weight excluding hydrogens is 250 g/mol. The van der Waals surface area contributed by atoms with Gasteiger partial charge in [-0.15, -0.1) is 0 Å².